The number of hydrogen-bond donors (Lipinski definition) is 0. The van der Waals surface area contributed by atoms with E-state index in [1.54, 1.807) is 6.08 Å². The summed E-state index contributed by atoms with van der Waals surface area (Å²) in [6.45, 7) is 7.73. The molecule has 0 N–H and O–H groups in total. The molecule has 20 heavy (non-hydrogen) atoms. The van der Waals surface area contributed by atoms with Crippen molar-refractivity contribution in [2.24, 2.45) is 0 Å². The van der Waals surface area contributed by atoms with E-state index in [0.29, 0.717) is 6.04 Å². The first kappa shape index (κ1) is 14.6. The largest absolute Gasteiger partial charge is 0.369 e. The lowest BCUT2D eigenvalue weighted by molar-refractivity contribution is -0.104. The minimum absolute atomic E-state index is 0.548. The van der Waals surface area contributed by atoms with Crippen LogP contribution >= 0.6 is 0 Å². The Balaban J connectivity index is 2.30. The summed E-state index contributed by atoms with van der Waals surface area (Å²) in [6.07, 6.45) is 8.48. The fourth-order valence-corrected chi connectivity index (χ4v) is 2.75. The maximum atomic E-state index is 10.3. The number of rotatable bonds is 4. The molecule has 2 rings (SSSR count). The standard InChI is InChI=1S/C18H23NO/c1-14(2)19-11-6-8-17-13-16(9-10-18(17)19)15(3)7-4-5-12-20/h4-5,7,9-10,12-14H,6,8,11H2,1-3H3/b5-4+,15-7+. The Morgan fingerprint density at radius 1 is 1.30 bits per heavy atom. The lowest BCUT2D eigenvalue weighted by atomic mass is 9.95. The molecule has 1 aliphatic rings. The summed E-state index contributed by atoms with van der Waals surface area (Å²) >= 11 is 0. The molecule has 0 saturated heterocycles. The minimum Gasteiger partial charge on any atom is -0.369 e. The Hall–Kier alpha value is -1.83. The van der Waals surface area contributed by atoms with E-state index in [1.807, 2.05) is 6.08 Å². The van der Waals surface area contributed by atoms with Crippen LogP contribution in [-0.2, 0) is 11.2 Å². The molecule has 1 aliphatic heterocycles. The van der Waals surface area contributed by atoms with E-state index < -0.39 is 0 Å². The Labute approximate surface area is 121 Å². The van der Waals surface area contributed by atoms with Crippen molar-refractivity contribution < 1.29 is 4.79 Å². The van der Waals surface area contributed by atoms with E-state index in [-0.39, 0.29) is 0 Å². The predicted molar refractivity (Wildman–Crippen MR) is 86.1 cm³/mol. The monoisotopic (exact) mass is 269 g/mol. The molecule has 1 heterocycles. The van der Waals surface area contributed by atoms with Gasteiger partial charge >= 0.3 is 0 Å². The zero-order valence-electron chi connectivity index (χ0n) is 12.6. The van der Waals surface area contributed by atoms with Crippen molar-refractivity contribution in [2.45, 2.75) is 39.7 Å². The second-order valence-electron chi connectivity index (χ2n) is 5.60. The number of fused-ring (bicyclic) bond motifs is 1. The van der Waals surface area contributed by atoms with Gasteiger partial charge < -0.3 is 4.90 Å². The van der Waals surface area contributed by atoms with Crippen molar-refractivity contribution >= 4 is 17.5 Å². The number of nitrogens with zero attached hydrogens (tertiary/aromatic N) is 1. The third kappa shape index (κ3) is 3.19. The molecule has 0 radical (unpaired) electrons. The molecule has 0 spiro atoms. The van der Waals surface area contributed by atoms with Gasteiger partial charge in [0.05, 0.1) is 0 Å². The summed E-state index contributed by atoms with van der Waals surface area (Å²) in [5.74, 6) is 0. The van der Waals surface area contributed by atoms with Crippen molar-refractivity contribution in [1.29, 1.82) is 0 Å². The van der Waals surface area contributed by atoms with Gasteiger partial charge in [0, 0.05) is 18.3 Å². The van der Waals surface area contributed by atoms with Crippen LogP contribution in [0.2, 0.25) is 0 Å². The molecular weight excluding hydrogens is 246 g/mol. The first-order chi connectivity index (χ1) is 9.63. The van der Waals surface area contributed by atoms with Crippen LogP contribution in [0.5, 0.6) is 0 Å². The van der Waals surface area contributed by atoms with E-state index in [1.165, 1.54) is 34.9 Å². The quantitative estimate of drug-likeness (QED) is 0.468. The summed E-state index contributed by atoms with van der Waals surface area (Å²) in [5, 5.41) is 0. The average molecular weight is 269 g/mol. The van der Waals surface area contributed by atoms with Crippen molar-refractivity contribution in [3.8, 4) is 0 Å². The summed E-state index contributed by atoms with van der Waals surface area (Å²) in [7, 11) is 0. The second kappa shape index (κ2) is 6.56. The second-order valence-corrected chi connectivity index (χ2v) is 5.60. The summed E-state index contributed by atoms with van der Waals surface area (Å²) in [6, 6.07) is 7.27. The highest BCUT2D eigenvalue weighted by Gasteiger charge is 2.19. The van der Waals surface area contributed by atoms with Crippen LogP contribution in [0.1, 0.15) is 38.3 Å². The van der Waals surface area contributed by atoms with Crippen molar-refractivity contribution in [3.05, 3.63) is 47.6 Å². The van der Waals surface area contributed by atoms with Gasteiger partial charge in [0.15, 0.2) is 0 Å². The molecule has 2 heteroatoms. The highest BCUT2D eigenvalue weighted by Crippen LogP contribution is 2.31. The van der Waals surface area contributed by atoms with Crippen molar-refractivity contribution in [2.75, 3.05) is 11.4 Å². The SMILES string of the molecule is C/C(=C\C=C\C=O)c1ccc2c(c1)CCCN2C(C)C. The number of aldehydes is 1. The Morgan fingerprint density at radius 2 is 2.10 bits per heavy atom. The summed E-state index contributed by atoms with van der Waals surface area (Å²) in [5.41, 5.74) is 5.25. The number of benzene rings is 1. The zero-order chi connectivity index (χ0) is 14.5. The highest BCUT2D eigenvalue weighted by molar-refractivity contribution is 5.72. The van der Waals surface area contributed by atoms with Crippen LogP contribution in [0, 0.1) is 0 Å². The van der Waals surface area contributed by atoms with E-state index >= 15 is 0 Å². The van der Waals surface area contributed by atoms with Crippen LogP contribution < -0.4 is 4.90 Å². The van der Waals surface area contributed by atoms with Gasteiger partial charge in [-0.15, -0.1) is 0 Å². The van der Waals surface area contributed by atoms with Gasteiger partial charge in [-0.1, -0.05) is 18.2 Å². The number of anilines is 1. The van der Waals surface area contributed by atoms with Crippen molar-refractivity contribution in [3.63, 3.8) is 0 Å². The topological polar surface area (TPSA) is 20.3 Å². The van der Waals surface area contributed by atoms with Crippen molar-refractivity contribution in [1.82, 2.24) is 0 Å². The van der Waals surface area contributed by atoms with E-state index in [2.05, 4.69) is 43.9 Å². The fourth-order valence-electron chi connectivity index (χ4n) is 2.75. The highest BCUT2D eigenvalue weighted by atomic mass is 16.1. The summed E-state index contributed by atoms with van der Waals surface area (Å²) < 4.78 is 0. The van der Waals surface area contributed by atoms with Gasteiger partial charge in [-0.05, 0) is 68.5 Å². The number of hydrogen-bond acceptors (Lipinski definition) is 2. The molecule has 0 atom stereocenters. The molecule has 2 nitrogen and oxygen atoms in total. The molecule has 0 amide bonds. The Kier molecular flexibility index (Phi) is 4.78. The van der Waals surface area contributed by atoms with Gasteiger partial charge in [0.25, 0.3) is 0 Å². The van der Waals surface area contributed by atoms with Gasteiger partial charge in [0.1, 0.15) is 6.29 Å². The normalized spacial score (nSPS) is 15.8. The van der Waals surface area contributed by atoms with Gasteiger partial charge in [-0.3, -0.25) is 4.79 Å². The molecule has 106 valence electrons. The molecule has 1 aromatic rings. The van der Waals surface area contributed by atoms with Crippen LogP contribution in [0.25, 0.3) is 5.57 Å². The van der Waals surface area contributed by atoms with E-state index in [0.717, 1.165) is 19.3 Å². The molecule has 0 fully saturated rings. The van der Waals surface area contributed by atoms with Gasteiger partial charge in [0.2, 0.25) is 0 Å². The molecule has 0 aliphatic carbocycles. The Morgan fingerprint density at radius 3 is 2.80 bits per heavy atom. The number of allylic oxidation sites excluding steroid dienone is 4. The number of aryl methyl sites for hydroxylation is 1. The smallest absolute Gasteiger partial charge is 0.142 e. The molecular formula is C18H23NO. The summed E-state index contributed by atoms with van der Waals surface area (Å²) in [4.78, 5) is 12.8. The van der Waals surface area contributed by atoms with Crippen LogP contribution in [-0.4, -0.2) is 18.9 Å². The van der Waals surface area contributed by atoms with Crippen LogP contribution in [0.15, 0.2) is 36.4 Å². The molecule has 1 aromatic carbocycles. The van der Waals surface area contributed by atoms with E-state index in [9.17, 15) is 4.79 Å². The number of carbonyl (C=O) groups excluding carboxylic acids is 1. The maximum absolute atomic E-state index is 10.3. The average Bonchev–Trinajstić information content (AvgIpc) is 2.46. The third-order valence-electron chi connectivity index (χ3n) is 3.85. The lowest BCUT2D eigenvalue weighted by Crippen LogP contribution is -2.35. The molecule has 0 saturated carbocycles. The fraction of sp³-hybridized carbons (Fsp3) is 0.389. The molecule has 0 bridgehead atoms. The molecule has 0 aromatic heterocycles. The number of carbonyl (C=O) groups is 1. The van der Waals surface area contributed by atoms with Gasteiger partial charge in [-0.25, -0.2) is 0 Å². The van der Waals surface area contributed by atoms with Crippen LogP contribution in [0.4, 0.5) is 5.69 Å². The minimum atomic E-state index is 0.548. The first-order valence-electron chi connectivity index (χ1n) is 7.32. The zero-order valence-corrected chi connectivity index (χ0v) is 12.6. The Bertz CT molecular complexity index is 540. The molecule has 0 unspecified atom stereocenters. The van der Waals surface area contributed by atoms with Crippen LogP contribution in [0.3, 0.4) is 0 Å². The maximum Gasteiger partial charge on any atom is 0.142 e. The van der Waals surface area contributed by atoms with E-state index in [4.69, 9.17) is 0 Å². The lowest BCUT2D eigenvalue weighted by Gasteiger charge is -2.35. The van der Waals surface area contributed by atoms with Gasteiger partial charge in [-0.2, -0.15) is 0 Å². The third-order valence-corrected chi connectivity index (χ3v) is 3.85. The predicted octanol–water partition coefficient (Wildman–Crippen LogP) is 4.01. The first-order valence-corrected chi connectivity index (χ1v) is 7.32.